The van der Waals surface area contributed by atoms with Crippen LogP contribution in [0.25, 0.3) is 0 Å². The van der Waals surface area contributed by atoms with Gasteiger partial charge in [0, 0.05) is 20.2 Å². The van der Waals surface area contributed by atoms with Gasteiger partial charge in [-0.2, -0.15) is 0 Å². The van der Waals surface area contributed by atoms with Crippen molar-refractivity contribution in [3.63, 3.8) is 0 Å². The van der Waals surface area contributed by atoms with Crippen molar-refractivity contribution in [1.29, 1.82) is 0 Å². The predicted octanol–water partition coefficient (Wildman–Crippen LogP) is 2.57. The highest BCUT2D eigenvalue weighted by Gasteiger charge is 2.26. The van der Waals surface area contributed by atoms with Crippen molar-refractivity contribution in [3.05, 3.63) is 59.4 Å². The standard InChI is InChI=1S/C23H29FN2O5/c1-16(23(28)25-11-12-29-2)26(15-17-5-8-19(24)9-6-17)22(27)14-18-7-10-20(30-3)21(13-18)31-4/h5-10,13,16H,11-12,14-15H2,1-4H3,(H,25,28). The average molecular weight is 432 g/mol. The van der Waals surface area contributed by atoms with Crippen molar-refractivity contribution < 1.29 is 28.2 Å². The van der Waals surface area contributed by atoms with Crippen molar-refractivity contribution in [3.8, 4) is 11.5 Å². The largest absolute Gasteiger partial charge is 0.493 e. The summed E-state index contributed by atoms with van der Waals surface area (Å²) in [5.74, 6) is 0.180. The van der Waals surface area contributed by atoms with E-state index in [-0.39, 0.29) is 30.6 Å². The van der Waals surface area contributed by atoms with Crippen LogP contribution in [0.15, 0.2) is 42.5 Å². The lowest BCUT2D eigenvalue weighted by Gasteiger charge is -2.29. The molecule has 0 fully saturated rings. The van der Waals surface area contributed by atoms with E-state index >= 15 is 0 Å². The number of nitrogens with zero attached hydrogens (tertiary/aromatic N) is 1. The monoisotopic (exact) mass is 432 g/mol. The summed E-state index contributed by atoms with van der Waals surface area (Å²) in [6.07, 6.45) is 0.0667. The first-order valence-corrected chi connectivity index (χ1v) is 9.91. The zero-order valence-electron chi connectivity index (χ0n) is 18.3. The number of carbonyl (C=O) groups is 2. The van der Waals surface area contributed by atoms with Crippen LogP contribution in [0.4, 0.5) is 4.39 Å². The van der Waals surface area contributed by atoms with Crippen LogP contribution in [0.5, 0.6) is 11.5 Å². The molecule has 0 aromatic heterocycles. The summed E-state index contributed by atoms with van der Waals surface area (Å²) in [4.78, 5) is 27.3. The molecule has 0 saturated carbocycles. The zero-order valence-corrected chi connectivity index (χ0v) is 18.3. The number of ether oxygens (including phenoxy) is 3. The maximum atomic E-state index is 13.3. The molecule has 0 aliphatic heterocycles. The number of rotatable bonds is 11. The number of hydrogen-bond acceptors (Lipinski definition) is 5. The second kappa shape index (κ2) is 11.9. The molecule has 31 heavy (non-hydrogen) atoms. The molecule has 0 radical (unpaired) electrons. The highest BCUT2D eigenvalue weighted by Crippen LogP contribution is 2.28. The molecule has 0 aliphatic rings. The van der Waals surface area contributed by atoms with E-state index in [1.807, 2.05) is 0 Å². The summed E-state index contributed by atoms with van der Waals surface area (Å²) in [7, 11) is 4.61. The lowest BCUT2D eigenvalue weighted by Crippen LogP contribution is -2.48. The molecule has 0 saturated heterocycles. The van der Waals surface area contributed by atoms with E-state index in [0.717, 1.165) is 11.1 Å². The van der Waals surface area contributed by atoms with E-state index in [2.05, 4.69) is 5.32 Å². The number of carbonyl (C=O) groups excluding carboxylic acids is 2. The quantitative estimate of drug-likeness (QED) is 0.553. The van der Waals surface area contributed by atoms with Crippen LogP contribution in [-0.2, 0) is 27.3 Å². The molecule has 2 aromatic rings. The second-order valence-corrected chi connectivity index (χ2v) is 6.97. The maximum Gasteiger partial charge on any atom is 0.242 e. The Morgan fingerprint density at radius 1 is 1.00 bits per heavy atom. The normalized spacial score (nSPS) is 11.5. The van der Waals surface area contributed by atoms with Crippen LogP contribution in [-0.4, -0.2) is 57.2 Å². The van der Waals surface area contributed by atoms with Crippen LogP contribution >= 0.6 is 0 Å². The van der Waals surface area contributed by atoms with Gasteiger partial charge in [0.15, 0.2) is 11.5 Å². The highest BCUT2D eigenvalue weighted by molar-refractivity contribution is 5.88. The minimum absolute atomic E-state index is 0.0667. The fraction of sp³-hybridized carbons (Fsp3) is 0.391. The van der Waals surface area contributed by atoms with Gasteiger partial charge in [-0.25, -0.2) is 4.39 Å². The molecular formula is C23H29FN2O5. The summed E-state index contributed by atoms with van der Waals surface area (Å²) in [6, 6.07) is 10.4. The third kappa shape index (κ3) is 6.96. The van der Waals surface area contributed by atoms with Crippen LogP contribution in [0.3, 0.4) is 0 Å². The van der Waals surface area contributed by atoms with Gasteiger partial charge >= 0.3 is 0 Å². The van der Waals surface area contributed by atoms with Crippen molar-refractivity contribution in [2.45, 2.75) is 25.9 Å². The van der Waals surface area contributed by atoms with E-state index in [1.165, 1.54) is 31.3 Å². The molecule has 0 aliphatic carbocycles. The molecule has 1 unspecified atom stereocenters. The predicted molar refractivity (Wildman–Crippen MR) is 115 cm³/mol. The number of amides is 2. The van der Waals surface area contributed by atoms with Crippen LogP contribution < -0.4 is 14.8 Å². The molecular weight excluding hydrogens is 403 g/mol. The van der Waals surface area contributed by atoms with Crippen molar-refractivity contribution in [1.82, 2.24) is 10.2 Å². The fourth-order valence-corrected chi connectivity index (χ4v) is 3.06. The summed E-state index contributed by atoms with van der Waals surface area (Å²) < 4.78 is 28.8. The lowest BCUT2D eigenvalue weighted by molar-refractivity contribution is -0.140. The number of benzene rings is 2. The summed E-state index contributed by atoms with van der Waals surface area (Å²) in [5, 5.41) is 2.76. The minimum atomic E-state index is -0.727. The van der Waals surface area contributed by atoms with Gasteiger partial charge in [0.2, 0.25) is 11.8 Å². The van der Waals surface area contributed by atoms with Gasteiger partial charge in [0.05, 0.1) is 27.2 Å². The van der Waals surface area contributed by atoms with E-state index < -0.39 is 6.04 Å². The fourth-order valence-electron chi connectivity index (χ4n) is 3.06. The Bertz CT molecular complexity index is 873. The number of hydrogen-bond donors (Lipinski definition) is 1. The third-order valence-corrected chi connectivity index (χ3v) is 4.84. The molecule has 1 atom stereocenters. The van der Waals surface area contributed by atoms with E-state index in [1.54, 1.807) is 44.4 Å². The van der Waals surface area contributed by atoms with Gasteiger partial charge in [-0.15, -0.1) is 0 Å². The Hall–Kier alpha value is -3.13. The minimum Gasteiger partial charge on any atom is -0.493 e. The molecule has 2 aromatic carbocycles. The molecule has 168 valence electrons. The maximum absolute atomic E-state index is 13.3. The topological polar surface area (TPSA) is 77.1 Å². The molecule has 7 nitrogen and oxygen atoms in total. The highest BCUT2D eigenvalue weighted by atomic mass is 19.1. The van der Waals surface area contributed by atoms with Gasteiger partial charge in [-0.3, -0.25) is 9.59 Å². The first-order chi connectivity index (χ1) is 14.9. The van der Waals surface area contributed by atoms with Crippen molar-refractivity contribution in [2.24, 2.45) is 0 Å². The molecule has 2 rings (SSSR count). The Morgan fingerprint density at radius 3 is 2.26 bits per heavy atom. The smallest absolute Gasteiger partial charge is 0.242 e. The van der Waals surface area contributed by atoms with Crippen LogP contribution in [0.1, 0.15) is 18.1 Å². The molecule has 0 spiro atoms. The zero-order chi connectivity index (χ0) is 22.8. The van der Waals surface area contributed by atoms with Gasteiger partial charge < -0.3 is 24.4 Å². The number of halogens is 1. The van der Waals surface area contributed by atoms with Gasteiger partial charge in [-0.05, 0) is 42.3 Å². The van der Waals surface area contributed by atoms with Crippen molar-refractivity contribution >= 4 is 11.8 Å². The number of nitrogens with one attached hydrogen (secondary N) is 1. The Balaban J connectivity index is 2.22. The third-order valence-electron chi connectivity index (χ3n) is 4.84. The van der Waals surface area contributed by atoms with E-state index in [9.17, 15) is 14.0 Å². The van der Waals surface area contributed by atoms with E-state index in [4.69, 9.17) is 14.2 Å². The molecule has 0 bridgehead atoms. The van der Waals surface area contributed by atoms with Gasteiger partial charge in [-0.1, -0.05) is 18.2 Å². The van der Waals surface area contributed by atoms with Crippen LogP contribution in [0, 0.1) is 5.82 Å². The van der Waals surface area contributed by atoms with Gasteiger partial charge in [0.1, 0.15) is 11.9 Å². The van der Waals surface area contributed by atoms with Crippen molar-refractivity contribution in [2.75, 3.05) is 34.5 Å². The van der Waals surface area contributed by atoms with E-state index in [0.29, 0.717) is 24.7 Å². The molecule has 1 N–H and O–H groups in total. The molecule has 8 heteroatoms. The Labute approximate surface area is 182 Å². The lowest BCUT2D eigenvalue weighted by atomic mass is 10.1. The summed E-state index contributed by atoms with van der Waals surface area (Å²) in [5.41, 5.74) is 1.44. The number of methoxy groups -OCH3 is 3. The Morgan fingerprint density at radius 2 is 1.65 bits per heavy atom. The van der Waals surface area contributed by atoms with Crippen LogP contribution in [0.2, 0.25) is 0 Å². The second-order valence-electron chi connectivity index (χ2n) is 6.97. The molecule has 0 heterocycles. The SMILES string of the molecule is COCCNC(=O)C(C)N(Cc1ccc(F)cc1)C(=O)Cc1ccc(OC)c(OC)c1. The average Bonchev–Trinajstić information content (AvgIpc) is 2.78. The first-order valence-electron chi connectivity index (χ1n) is 9.91. The van der Waals surface area contributed by atoms with Gasteiger partial charge in [0.25, 0.3) is 0 Å². The summed E-state index contributed by atoms with van der Waals surface area (Å²) >= 11 is 0. The summed E-state index contributed by atoms with van der Waals surface area (Å²) in [6.45, 7) is 2.55. The molecule has 2 amide bonds. The Kier molecular flexibility index (Phi) is 9.27. The first kappa shape index (κ1) is 24.1.